The highest BCUT2D eigenvalue weighted by molar-refractivity contribution is 5.92. The van der Waals surface area contributed by atoms with Gasteiger partial charge in [0.25, 0.3) is 5.69 Å². The lowest BCUT2D eigenvalue weighted by molar-refractivity contribution is -0.384. The Kier molecular flexibility index (Phi) is 5.96. The molecule has 0 heterocycles. The van der Waals surface area contributed by atoms with Gasteiger partial charge in [0.2, 0.25) is 5.91 Å². The maximum atomic E-state index is 11.7. The topological polar surface area (TPSA) is 150 Å². The van der Waals surface area contributed by atoms with Crippen molar-refractivity contribution in [2.75, 3.05) is 25.0 Å². The molecule has 0 spiro atoms. The van der Waals surface area contributed by atoms with Crippen LogP contribution in [0.1, 0.15) is 0 Å². The Morgan fingerprint density at radius 2 is 1.55 bits per heavy atom. The average molecular weight is 311 g/mol. The summed E-state index contributed by atoms with van der Waals surface area (Å²) in [4.78, 5) is 43.8. The molecule has 3 N–H and O–H groups in total. The van der Waals surface area contributed by atoms with Crippen LogP contribution in [0.2, 0.25) is 0 Å². The number of nitro groups is 1. The molecule has 0 bridgehead atoms. The fraction of sp³-hybridized carbons (Fsp3) is 0.250. The van der Waals surface area contributed by atoms with Gasteiger partial charge in [0.15, 0.2) is 0 Å². The summed E-state index contributed by atoms with van der Waals surface area (Å²) in [7, 11) is 0. The number of nitrogens with zero attached hydrogens (tertiary/aromatic N) is 2. The molecule has 0 aliphatic heterocycles. The Balaban J connectivity index is 2.64. The second-order valence-electron chi connectivity index (χ2n) is 4.28. The number of benzene rings is 1. The Morgan fingerprint density at radius 3 is 1.95 bits per heavy atom. The van der Waals surface area contributed by atoms with Gasteiger partial charge in [-0.05, 0) is 12.1 Å². The SMILES string of the molecule is O=C(O)CN(CC(=O)O)CC(=O)Nc1ccc([N+](=O)[O-])cc1. The normalized spacial score (nSPS) is 10.2. The first kappa shape index (κ1) is 17.0. The Hall–Kier alpha value is -3.01. The van der Waals surface area contributed by atoms with Crippen LogP contribution in [0.15, 0.2) is 24.3 Å². The summed E-state index contributed by atoms with van der Waals surface area (Å²) in [5.41, 5.74) is 0.137. The third-order valence-corrected chi connectivity index (χ3v) is 2.45. The molecule has 0 unspecified atom stereocenters. The molecule has 0 atom stereocenters. The maximum Gasteiger partial charge on any atom is 0.317 e. The first-order chi connectivity index (χ1) is 10.3. The van der Waals surface area contributed by atoms with Crippen molar-refractivity contribution < 1.29 is 29.5 Å². The van der Waals surface area contributed by atoms with Gasteiger partial charge in [-0.3, -0.25) is 29.4 Å². The first-order valence-corrected chi connectivity index (χ1v) is 5.98. The fourth-order valence-corrected chi connectivity index (χ4v) is 1.62. The van der Waals surface area contributed by atoms with Crippen LogP contribution in [-0.4, -0.2) is 57.5 Å². The van der Waals surface area contributed by atoms with Crippen molar-refractivity contribution in [3.05, 3.63) is 34.4 Å². The van der Waals surface area contributed by atoms with Gasteiger partial charge in [-0.2, -0.15) is 0 Å². The lowest BCUT2D eigenvalue weighted by Crippen LogP contribution is -2.40. The fourth-order valence-electron chi connectivity index (χ4n) is 1.62. The molecule has 0 aliphatic rings. The number of carboxylic acid groups (broad SMARTS) is 2. The van der Waals surface area contributed by atoms with E-state index in [0.717, 1.165) is 4.90 Å². The zero-order chi connectivity index (χ0) is 16.7. The van der Waals surface area contributed by atoms with Crippen molar-refractivity contribution >= 4 is 29.2 Å². The molecule has 0 saturated heterocycles. The van der Waals surface area contributed by atoms with E-state index in [4.69, 9.17) is 10.2 Å². The third kappa shape index (κ3) is 5.96. The lowest BCUT2D eigenvalue weighted by atomic mass is 10.3. The zero-order valence-corrected chi connectivity index (χ0v) is 11.3. The van der Waals surface area contributed by atoms with Crippen molar-refractivity contribution in [1.29, 1.82) is 0 Å². The summed E-state index contributed by atoms with van der Waals surface area (Å²) in [6, 6.07) is 5.02. The van der Waals surface area contributed by atoms with Crippen LogP contribution in [-0.2, 0) is 14.4 Å². The molecule has 0 radical (unpaired) electrons. The van der Waals surface area contributed by atoms with E-state index in [1.165, 1.54) is 24.3 Å². The minimum absolute atomic E-state index is 0.142. The van der Waals surface area contributed by atoms with Crippen molar-refractivity contribution in [2.45, 2.75) is 0 Å². The Labute approximate surface area is 124 Å². The molecule has 1 rings (SSSR count). The largest absolute Gasteiger partial charge is 0.480 e. The van der Waals surface area contributed by atoms with E-state index >= 15 is 0 Å². The molecule has 0 aliphatic carbocycles. The monoisotopic (exact) mass is 311 g/mol. The number of hydrogen-bond acceptors (Lipinski definition) is 6. The van der Waals surface area contributed by atoms with Crippen molar-refractivity contribution in [3.63, 3.8) is 0 Å². The van der Waals surface area contributed by atoms with Gasteiger partial charge in [0.1, 0.15) is 0 Å². The Bertz CT molecular complexity index is 569. The molecule has 10 nitrogen and oxygen atoms in total. The molecule has 0 fully saturated rings. The summed E-state index contributed by atoms with van der Waals surface area (Å²) in [5, 5.41) is 30.2. The van der Waals surface area contributed by atoms with Gasteiger partial charge in [-0.15, -0.1) is 0 Å². The average Bonchev–Trinajstić information content (AvgIpc) is 2.37. The number of carbonyl (C=O) groups is 3. The predicted octanol–water partition coefficient (Wildman–Crippen LogP) is 0.00450. The number of nitrogens with one attached hydrogen (secondary N) is 1. The summed E-state index contributed by atoms with van der Waals surface area (Å²) in [6.45, 7) is -1.63. The summed E-state index contributed by atoms with van der Waals surface area (Å²) in [6.07, 6.45) is 0. The summed E-state index contributed by atoms with van der Waals surface area (Å²) in [5.74, 6) is -3.15. The molecule has 0 aromatic heterocycles. The first-order valence-electron chi connectivity index (χ1n) is 5.98. The van der Waals surface area contributed by atoms with E-state index in [1.807, 2.05) is 0 Å². The third-order valence-electron chi connectivity index (χ3n) is 2.45. The smallest absolute Gasteiger partial charge is 0.317 e. The lowest BCUT2D eigenvalue weighted by Gasteiger charge is -2.17. The van der Waals surface area contributed by atoms with Gasteiger partial charge in [-0.25, -0.2) is 0 Å². The number of hydrogen-bond donors (Lipinski definition) is 3. The van der Waals surface area contributed by atoms with E-state index in [-0.39, 0.29) is 11.4 Å². The number of aliphatic carboxylic acids is 2. The van der Waals surface area contributed by atoms with Crippen LogP contribution in [0.25, 0.3) is 0 Å². The van der Waals surface area contributed by atoms with E-state index in [2.05, 4.69) is 5.32 Å². The highest BCUT2D eigenvalue weighted by Crippen LogP contribution is 2.15. The molecule has 1 amide bonds. The van der Waals surface area contributed by atoms with Crippen LogP contribution in [0.3, 0.4) is 0 Å². The van der Waals surface area contributed by atoms with Crippen LogP contribution >= 0.6 is 0 Å². The van der Waals surface area contributed by atoms with E-state index in [9.17, 15) is 24.5 Å². The number of amides is 1. The Morgan fingerprint density at radius 1 is 1.05 bits per heavy atom. The van der Waals surface area contributed by atoms with Gasteiger partial charge in [0.05, 0.1) is 24.6 Å². The molecule has 1 aromatic rings. The van der Waals surface area contributed by atoms with Crippen molar-refractivity contribution in [1.82, 2.24) is 4.90 Å². The quantitative estimate of drug-likeness (QED) is 0.448. The van der Waals surface area contributed by atoms with Gasteiger partial charge in [0, 0.05) is 17.8 Å². The minimum Gasteiger partial charge on any atom is -0.480 e. The van der Waals surface area contributed by atoms with Crippen LogP contribution in [0, 0.1) is 10.1 Å². The van der Waals surface area contributed by atoms with E-state index < -0.39 is 42.4 Å². The molecular formula is C12H13N3O7. The number of carbonyl (C=O) groups excluding carboxylic acids is 1. The maximum absolute atomic E-state index is 11.7. The molecular weight excluding hydrogens is 298 g/mol. The molecule has 0 saturated carbocycles. The second kappa shape index (κ2) is 7.69. The van der Waals surface area contributed by atoms with Gasteiger partial charge in [-0.1, -0.05) is 0 Å². The van der Waals surface area contributed by atoms with Gasteiger partial charge >= 0.3 is 11.9 Å². The van der Waals surface area contributed by atoms with Crippen LogP contribution in [0.5, 0.6) is 0 Å². The molecule has 22 heavy (non-hydrogen) atoms. The molecule has 1 aromatic carbocycles. The molecule has 118 valence electrons. The van der Waals surface area contributed by atoms with Gasteiger partial charge < -0.3 is 15.5 Å². The minimum atomic E-state index is -1.26. The standard InChI is InChI=1S/C12H13N3O7/c16-10(5-14(6-11(17)18)7-12(19)20)13-8-1-3-9(4-2-8)15(21)22/h1-4H,5-7H2,(H,13,16)(H,17,18)(H,19,20). The van der Waals surface area contributed by atoms with E-state index in [1.54, 1.807) is 0 Å². The summed E-state index contributed by atoms with van der Waals surface area (Å²) < 4.78 is 0. The highest BCUT2D eigenvalue weighted by atomic mass is 16.6. The number of nitro benzene ring substituents is 1. The number of non-ortho nitro benzene ring substituents is 1. The number of anilines is 1. The predicted molar refractivity (Wildman–Crippen MR) is 73.4 cm³/mol. The summed E-state index contributed by atoms with van der Waals surface area (Å²) >= 11 is 0. The zero-order valence-electron chi connectivity index (χ0n) is 11.3. The van der Waals surface area contributed by atoms with Crippen LogP contribution in [0.4, 0.5) is 11.4 Å². The number of rotatable bonds is 8. The van der Waals surface area contributed by atoms with E-state index in [0.29, 0.717) is 0 Å². The van der Waals surface area contributed by atoms with Crippen LogP contribution < -0.4 is 5.32 Å². The highest BCUT2D eigenvalue weighted by Gasteiger charge is 2.17. The molecule has 10 heteroatoms. The van der Waals surface area contributed by atoms with Crippen molar-refractivity contribution in [3.8, 4) is 0 Å². The number of carboxylic acids is 2. The second-order valence-corrected chi connectivity index (χ2v) is 4.28. The van der Waals surface area contributed by atoms with Crippen molar-refractivity contribution in [2.24, 2.45) is 0 Å².